The zero-order valence-electron chi connectivity index (χ0n) is 12.9. The molecule has 0 spiro atoms. The second-order valence-corrected chi connectivity index (χ2v) is 9.09. The van der Waals surface area contributed by atoms with Crippen LogP contribution in [0.1, 0.15) is 38.5 Å². The van der Waals surface area contributed by atoms with Gasteiger partial charge in [-0.3, -0.25) is 4.79 Å². The van der Waals surface area contributed by atoms with Crippen LogP contribution in [0, 0.1) is 17.3 Å². The van der Waals surface area contributed by atoms with E-state index in [1.54, 1.807) is 0 Å². The van der Waals surface area contributed by atoms with Crippen molar-refractivity contribution in [3.05, 3.63) is 0 Å². The maximum atomic E-state index is 12.6. The zero-order valence-corrected chi connectivity index (χ0v) is 13.7. The molecule has 6 nitrogen and oxygen atoms in total. The number of carbonyl (C=O) groups is 1. The lowest BCUT2D eigenvalue weighted by atomic mass is 9.81. The molecule has 3 rings (SSSR count). The first-order chi connectivity index (χ1) is 10.4. The van der Waals surface area contributed by atoms with E-state index in [1.165, 1.54) is 4.31 Å². The van der Waals surface area contributed by atoms with E-state index in [2.05, 4.69) is 0 Å². The number of carboxylic acids is 1. The summed E-state index contributed by atoms with van der Waals surface area (Å²) < 4.78 is 31.9. The lowest BCUT2D eigenvalue weighted by Gasteiger charge is -2.25. The molecule has 1 N–H and O–H groups in total. The van der Waals surface area contributed by atoms with Gasteiger partial charge in [0.05, 0.1) is 11.2 Å². The van der Waals surface area contributed by atoms with Gasteiger partial charge in [0.25, 0.3) is 0 Å². The zero-order chi connectivity index (χ0) is 15.8. The van der Waals surface area contributed by atoms with Crippen molar-refractivity contribution in [2.45, 2.75) is 38.5 Å². The summed E-state index contributed by atoms with van der Waals surface area (Å²) in [7, 11) is -3.34. The lowest BCUT2D eigenvalue weighted by Crippen LogP contribution is -2.38. The Morgan fingerprint density at radius 1 is 1.27 bits per heavy atom. The number of sulfonamides is 1. The smallest absolute Gasteiger partial charge is 0.311 e. The van der Waals surface area contributed by atoms with Gasteiger partial charge < -0.3 is 9.84 Å². The number of fused-ring (bicyclic) bond motifs is 1. The van der Waals surface area contributed by atoms with E-state index in [1.807, 2.05) is 0 Å². The van der Waals surface area contributed by atoms with E-state index in [0.717, 1.165) is 38.9 Å². The molecule has 0 radical (unpaired) electrons. The average Bonchev–Trinajstić information content (AvgIpc) is 3.04. The van der Waals surface area contributed by atoms with Crippen molar-refractivity contribution in [2.24, 2.45) is 17.3 Å². The first-order valence-electron chi connectivity index (χ1n) is 8.23. The fraction of sp³-hybridized carbons (Fsp3) is 0.933. The van der Waals surface area contributed by atoms with Crippen LogP contribution in [0.15, 0.2) is 0 Å². The molecule has 2 aliphatic heterocycles. The predicted molar refractivity (Wildman–Crippen MR) is 80.9 cm³/mol. The highest BCUT2D eigenvalue weighted by Gasteiger charge is 2.56. The second-order valence-electron chi connectivity index (χ2n) is 7.00. The average molecular weight is 331 g/mol. The van der Waals surface area contributed by atoms with Gasteiger partial charge in [-0.05, 0) is 43.9 Å². The van der Waals surface area contributed by atoms with Gasteiger partial charge in [-0.25, -0.2) is 12.7 Å². The van der Waals surface area contributed by atoms with Crippen molar-refractivity contribution in [3.8, 4) is 0 Å². The van der Waals surface area contributed by atoms with Gasteiger partial charge >= 0.3 is 5.97 Å². The van der Waals surface area contributed by atoms with Crippen molar-refractivity contribution < 1.29 is 23.1 Å². The van der Waals surface area contributed by atoms with Crippen LogP contribution in [0.2, 0.25) is 0 Å². The molecule has 126 valence electrons. The molecule has 0 bridgehead atoms. The monoisotopic (exact) mass is 331 g/mol. The molecule has 1 aliphatic carbocycles. The lowest BCUT2D eigenvalue weighted by molar-refractivity contribution is -0.149. The summed E-state index contributed by atoms with van der Waals surface area (Å²) in [5.74, 6) is -0.279. The maximum Gasteiger partial charge on any atom is 0.311 e. The molecule has 0 amide bonds. The van der Waals surface area contributed by atoms with Gasteiger partial charge in [0.15, 0.2) is 0 Å². The molecule has 0 aromatic rings. The van der Waals surface area contributed by atoms with Gasteiger partial charge in [-0.1, -0.05) is 6.42 Å². The third-order valence-corrected chi connectivity index (χ3v) is 7.60. The number of carboxylic acid groups (broad SMARTS) is 1. The van der Waals surface area contributed by atoms with E-state index in [0.29, 0.717) is 25.3 Å². The van der Waals surface area contributed by atoms with Gasteiger partial charge in [0.2, 0.25) is 10.0 Å². The fourth-order valence-electron chi connectivity index (χ4n) is 4.28. The van der Waals surface area contributed by atoms with Crippen LogP contribution in [0.5, 0.6) is 0 Å². The molecule has 0 aromatic heterocycles. The minimum absolute atomic E-state index is 0.0112. The summed E-state index contributed by atoms with van der Waals surface area (Å²) >= 11 is 0. The van der Waals surface area contributed by atoms with E-state index < -0.39 is 21.4 Å². The Morgan fingerprint density at radius 2 is 2.00 bits per heavy atom. The van der Waals surface area contributed by atoms with Crippen LogP contribution in [0.3, 0.4) is 0 Å². The normalized spacial score (nSPS) is 33.9. The molecule has 3 aliphatic rings. The van der Waals surface area contributed by atoms with E-state index in [-0.39, 0.29) is 18.2 Å². The third kappa shape index (κ3) is 2.90. The number of rotatable bonds is 5. The molecule has 2 heterocycles. The third-order valence-electron chi connectivity index (χ3n) is 5.78. The first-order valence-corrected chi connectivity index (χ1v) is 9.84. The predicted octanol–water partition coefficient (Wildman–Crippen LogP) is 1.32. The SMILES string of the molecule is O=C(O)[C@@]12CCC[C@H]1CN(S(=O)(=O)CCC1CCOCC1)C2. The number of ether oxygens (including phenoxy) is 1. The topological polar surface area (TPSA) is 83.9 Å². The summed E-state index contributed by atoms with van der Waals surface area (Å²) in [6, 6.07) is 0. The Labute approximate surface area is 131 Å². The highest BCUT2D eigenvalue weighted by atomic mass is 32.2. The second kappa shape index (κ2) is 6.09. The fourth-order valence-corrected chi connectivity index (χ4v) is 6.01. The molecule has 2 atom stereocenters. The molecule has 1 saturated carbocycles. The molecule has 7 heteroatoms. The van der Waals surface area contributed by atoms with Crippen molar-refractivity contribution in [2.75, 3.05) is 32.1 Å². The summed E-state index contributed by atoms with van der Waals surface area (Å²) in [6.45, 7) is 2.00. The number of hydrogen-bond donors (Lipinski definition) is 1. The van der Waals surface area contributed by atoms with Crippen molar-refractivity contribution in [3.63, 3.8) is 0 Å². The maximum absolute atomic E-state index is 12.6. The Kier molecular flexibility index (Phi) is 4.49. The number of nitrogens with zero attached hydrogens (tertiary/aromatic N) is 1. The molecule has 0 unspecified atom stereocenters. The van der Waals surface area contributed by atoms with Crippen LogP contribution >= 0.6 is 0 Å². The minimum atomic E-state index is -3.34. The van der Waals surface area contributed by atoms with Crippen LogP contribution in [-0.2, 0) is 19.6 Å². The van der Waals surface area contributed by atoms with Gasteiger partial charge in [0.1, 0.15) is 0 Å². The largest absolute Gasteiger partial charge is 0.481 e. The van der Waals surface area contributed by atoms with Crippen LogP contribution in [0.4, 0.5) is 0 Å². The molecular formula is C15H25NO5S. The Balaban J connectivity index is 1.62. The minimum Gasteiger partial charge on any atom is -0.481 e. The molecule has 3 fully saturated rings. The number of hydrogen-bond acceptors (Lipinski definition) is 4. The Hall–Kier alpha value is -0.660. The standard InChI is InChI=1S/C15H25NO5S/c17-14(18)15-6-1-2-13(15)10-16(11-15)22(19,20)9-5-12-3-7-21-8-4-12/h12-13H,1-11H2,(H,17,18)/t13-,15+/m0/s1. The highest BCUT2D eigenvalue weighted by molar-refractivity contribution is 7.89. The van der Waals surface area contributed by atoms with Crippen molar-refractivity contribution in [1.29, 1.82) is 0 Å². The van der Waals surface area contributed by atoms with E-state index in [4.69, 9.17) is 4.74 Å². The van der Waals surface area contributed by atoms with Crippen LogP contribution in [0.25, 0.3) is 0 Å². The summed E-state index contributed by atoms with van der Waals surface area (Å²) in [4.78, 5) is 11.6. The highest BCUT2D eigenvalue weighted by Crippen LogP contribution is 2.49. The van der Waals surface area contributed by atoms with Crippen LogP contribution < -0.4 is 0 Å². The summed E-state index contributed by atoms with van der Waals surface area (Å²) in [5.41, 5.74) is -0.828. The van der Waals surface area contributed by atoms with Crippen molar-refractivity contribution >= 4 is 16.0 Å². The Bertz CT molecular complexity index is 528. The quantitative estimate of drug-likeness (QED) is 0.821. The van der Waals surface area contributed by atoms with E-state index >= 15 is 0 Å². The van der Waals surface area contributed by atoms with Crippen molar-refractivity contribution in [1.82, 2.24) is 4.31 Å². The van der Waals surface area contributed by atoms with E-state index in [9.17, 15) is 18.3 Å². The summed E-state index contributed by atoms with van der Waals surface area (Å²) in [5, 5.41) is 9.56. The number of aliphatic carboxylic acids is 1. The van der Waals surface area contributed by atoms with Gasteiger partial charge in [-0.15, -0.1) is 0 Å². The molecule has 0 aromatic carbocycles. The Morgan fingerprint density at radius 3 is 2.64 bits per heavy atom. The van der Waals surface area contributed by atoms with Gasteiger partial charge in [-0.2, -0.15) is 0 Å². The van der Waals surface area contributed by atoms with Gasteiger partial charge in [0, 0.05) is 26.3 Å². The molecule has 22 heavy (non-hydrogen) atoms. The first kappa shape index (κ1) is 16.2. The molecule has 2 saturated heterocycles. The summed E-state index contributed by atoms with van der Waals surface area (Å²) in [6.07, 6.45) is 4.85. The van der Waals surface area contributed by atoms with Crippen LogP contribution in [-0.4, -0.2) is 55.9 Å². The molecular weight excluding hydrogens is 306 g/mol.